The molecule has 0 atom stereocenters. The van der Waals surface area contributed by atoms with Gasteiger partial charge < -0.3 is 5.32 Å². The number of anilines is 1. The Labute approximate surface area is 161 Å². The summed E-state index contributed by atoms with van der Waals surface area (Å²) in [6, 6.07) is 5.50. The predicted octanol–water partition coefficient (Wildman–Crippen LogP) is 3.10. The fourth-order valence-corrected chi connectivity index (χ4v) is 7.62. The Kier molecular flexibility index (Phi) is 3.87. The first kappa shape index (κ1) is 17.5. The summed E-state index contributed by atoms with van der Waals surface area (Å²) in [5, 5.41) is 3.42. The fourth-order valence-electron chi connectivity index (χ4n) is 6.63. The second-order valence-electron chi connectivity index (χ2n) is 9.43. The van der Waals surface area contributed by atoms with Gasteiger partial charge in [0.15, 0.2) is 0 Å². The van der Waals surface area contributed by atoms with Crippen molar-refractivity contribution in [3.8, 4) is 0 Å². The van der Waals surface area contributed by atoms with Crippen molar-refractivity contribution in [1.82, 2.24) is 5.32 Å². The van der Waals surface area contributed by atoms with Crippen LogP contribution in [0.1, 0.15) is 60.9 Å². The van der Waals surface area contributed by atoms with Gasteiger partial charge >= 0.3 is 0 Å². The number of benzene rings is 1. The maximum absolute atomic E-state index is 13.1. The number of sulfonamides is 1. The first-order valence-corrected chi connectivity index (χ1v) is 12.1. The molecule has 5 aliphatic rings. The molecule has 4 fully saturated rings. The summed E-state index contributed by atoms with van der Waals surface area (Å²) in [5.41, 5.74) is 2.36. The molecule has 1 heterocycles. The minimum atomic E-state index is -3.28. The van der Waals surface area contributed by atoms with E-state index in [1.54, 1.807) is 6.07 Å². The number of aryl methyl sites for hydroxylation is 1. The Morgan fingerprint density at radius 3 is 2.33 bits per heavy atom. The predicted molar refractivity (Wildman–Crippen MR) is 105 cm³/mol. The number of hydrogen-bond acceptors (Lipinski definition) is 3. The van der Waals surface area contributed by atoms with E-state index in [2.05, 4.69) is 5.32 Å². The molecular formula is C21H28N2O3S. The minimum Gasteiger partial charge on any atom is -0.347 e. The molecule has 4 bridgehead atoms. The standard InChI is InChI=1S/C21H28N2O3S/c1-27(25,26)23-6-2-3-17-10-18(4-5-19(17)23)20(24)22-21-11-14-7-15(12-21)9-16(8-14)13-21/h4-5,10,14-16H,2-3,6-9,11-13H2,1H3,(H,22,24). The van der Waals surface area contributed by atoms with Gasteiger partial charge in [-0.25, -0.2) is 8.42 Å². The minimum absolute atomic E-state index is 0.000525. The normalized spacial score (nSPS) is 34.4. The molecule has 0 unspecified atom stereocenters. The lowest BCUT2D eigenvalue weighted by atomic mass is 9.53. The molecule has 6 rings (SSSR count). The first-order valence-electron chi connectivity index (χ1n) is 10.2. The lowest BCUT2D eigenvalue weighted by molar-refractivity contribution is -0.0167. The molecule has 1 aliphatic heterocycles. The fraction of sp³-hybridized carbons (Fsp3) is 0.667. The van der Waals surface area contributed by atoms with Crippen LogP contribution in [0.15, 0.2) is 18.2 Å². The van der Waals surface area contributed by atoms with E-state index in [1.807, 2.05) is 12.1 Å². The summed E-state index contributed by atoms with van der Waals surface area (Å²) in [7, 11) is -3.28. The molecule has 1 aromatic carbocycles. The maximum atomic E-state index is 13.1. The van der Waals surface area contributed by atoms with E-state index in [-0.39, 0.29) is 11.4 Å². The number of nitrogens with one attached hydrogen (secondary N) is 1. The number of carbonyl (C=O) groups excluding carboxylic acids is 1. The highest BCUT2D eigenvalue weighted by Crippen LogP contribution is 2.55. The quantitative estimate of drug-likeness (QED) is 0.865. The topological polar surface area (TPSA) is 66.5 Å². The first-order chi connectivity index (χ1) is 12.8. The Balaban J connectivity index is 1.39. The van der Waals surface area contributed by atoms with Gasteiger partial charge in [-0.1, -0.05) is 0 Å². The summed E-state index contributed by atoms with van der Waals surface area (Å²) in [6.45, 7) is 0.519. The highest BCUT2D eigenvalue weighted by atomic mass is 32.2. The molecule has 4 aliphatic carbocycles. The van der Waals surface area contributed by atoms with Crippen molar-refractivity contribution in [1.29, 1.82) is 0 Å². The molecule has 1 amide bonds. The zero-order valence-corrected chi connectivity index (χ0v) is 16.7. The summed E-state index contributed by atoms with van der Waals surface area (Å²) in [6.07, 6.45) is 10.3. The zero-order chi connectivity index (χ0) is 18.8. The molecule has 0 radical (unpaired) electrons. The van der Waals surface area contributed by atoms with Gasteiger partial charge in [-0.2, -0.15) is 0 Å². The highest BCUT2D eigenvalue weighted by Gasteiger charge is 2.51. The largest absolute Gasteiger partial charge is 0.347 e. The van der Waals surface area contributed by atoms with Crippen LogP contribution >= 0.6 is 0 Å². The van der Waals surface area contributed by atoms with Crippen molar-refractivity contribution in [2.24, 2.45) is 17.8 Å². The molecule has 4 saturated carbocycles. The smallest absolute Gasteiger partial charge is 0.251 e. The van der Waals surface area contributed by atoms with Crippen LogP contribution in [0.25, 0.3) is 0 Å². The monoisotopic (exact) mass is 388 g/mol. The van der Waals surface area contributed by atoms with Crippen LogP contribution in [0, 0.1) is 17.8 Å². The summed E-state index contributed by atoms with van der Waals surface area (Å²) in [4.78, 5) is 13.1. The van der Waals surface area contributed by atoms with E-state index in [1.165, 1.54) is 29.8 Å². The number of hydrogen-bond donors (Lipinski definition) is 1. The second kappa shape index (κ2) is 5.97. The van der Waals surface area contributed by atoms with E-state index in [9.17, 15) is 13.2 Å². The van der Waals surface area contributed by atoms with Crippen molar-refractivity contribution in [2.75, 3.05) is 17.1 Å². The van der Waals surface area contributed by atoms with Crippen LogP contribution in [0.4, 0.5) is 5.69 Å². The van der Waals surface area contributed by atoms with Gasteiger partial charge in [-0.05, 0) is 92.9 Å². The van der Waals surface area contributed by atoms with Crippen LogP contribution in [-0.2, 0) is 16.4 Å². The third-order valence-corrected chi connectivity index (χ3v) is 8.41. The van der Waals surface area contributed by atoms with E-state index >= 15 is 0 Å². The lowest BCUT2D eigenvalue weighted by Crippen LogP contribution is -2.59. The Hall–Kier alpha value is -1.56. The van der Waals surface area contributed by atoms with Gasteiger partial charge in [-0.15, -0.1) is 0 Å². The number of fused-ring (bicyclic) bond motifs is 1. The number of amides is 1. The Morgan fingerprint density at radius 1 is 1.11 bits per heavy atom. The molecule has 27 heavy (non-hydrogen) atoms. The van der Waals surface area contributed by atoms with Crippen molar-refractivity contribution in [3.63, 3.8) is 0 Å². The summed E-state index contributed by atoms with van der Waals surface area (Å²) < 4.78 is 25.5. The molecule has 6 heteroatoms. The average Bonchev–Trinajstić information content (AvgIpc) is 2.58. The Bertz CT molecular complexity index is 857. The molecule has 0 aromatic heterocycles. The van der Waals surface area contributed by atoms with Crippen molar-refractivity contribution in [2.45, 2.75) is 56.9 Å². The van der Waals surface area contributed by atoms with Crippen molar-refractivity contribution >= 4 is 21.6 Å². The molecule has 0 saturated heterocycles. The molecule has 0 spiro atoms. The number of nitrogens with zero attached hydrogens (tertiary/aromatic N) is 1. The van der Waals surface area contributed by atoms with Gasteiger partial charge in [-0.3, -0.25) is 9.10 Å². The van der Waals surface area contributed by atoms with Gasteiger partial charge in [0.1, 0.15) is 0 Å². The second-order valence-corrected chi connectivity index (χ2v) is 11.3. The Morgan fingerprint density at radius 2 is 1.74 bits per heavy atom. The van der Waals surface area contributed by atoms with Crippen molar-refractivity contribution in [3.05, 3.63) is 29.3 Å². The maximum Gasteiger partial charge on any atom is 0.251 e. The van der Waals surface area contributed by atoms with Gasteiger partial charge in [0.2, 0.25) is 10.0 Å². The van der Waals surface area contributed by atoms with Crippen molar-refractivity contribution < 1.29 is 13.2 Å². The highest BCUT2D eigenvalue weighted by molar-refractivity contribution is 7.92. The van der Waals surface area contributed by atoms with E-state index in [0.29, 0.717) is 12.1 Å². The lowest BCUT2D eigenvalue weighted by Gasteiger charge is -2.56. The van der Waals surface area contributed by atoms with Crippen LogP contribution in [0.2, 0.25) is 0 Å². The summed E-state index contributed by atoms with van der Waals surface area (Å²) in [5.74, 6) is 2.39. The molecular weight excluding hydrogens is 360 g/mol. The van der Waals surface area contributed by atoms with E-state index < -0.39 is 10.0 Å². The van der Waals surface area contributed by atoms with Gasteiger partial charge in [0.05, 0.1) is 11.9 Å². The molecule has 146 valence electrons. The number of rotatable bonds is 3. The van der Waals surface area contributed by atoms with Crippen LogP contribution in [0.3, 0.4) is 0 Å². The third kappa shape index (κ3) is 3.06. The summed E-state index contributed by atoms with van der Waals surface area (Å²) >= 11 is 0. The van der Waals surface area contributed by atoms with E-state index in [0.717, 1.165) is 61.1 Å². The average molecular weight is 389 g/mol. The van der Waals surface area contributed by atoms with Crippen LogP contribution in [0.5, 0.6) is 0 Å². The molecule has 1 N–H and O–H groups in total. The van der Waals surface area contributed by atoms with Crippen LogP contribution in [-0.4, -0.2) is 32.7 Å². The van der Waals surface area contributed by atoms with E-state index in [4.69, 9.17) is 0 Å². The third-order valence-electron chi connectivity index (χ3n) is 7.23. The molecule has 1 aromatic rings. The SMILES string of the molecule is CS(=O)(=O)N1CCCc2cc(C(=O)NC34CC5CC(CC(C5)C3)C4)ccc21. The van der Waals surface area contributed by atoms with Crippen LogP contribution < -0.4 is 9.62 Å². The zero-order valence-electron chi connectivity index (χ0n) is 15.9. The van der Waals surface area contributed by atoms with Gasteiger partial charge in [0, 0.05) is 17.6 Å². The van der Waals surface area contributed by atoms with Gasteiger partial charge in [0.25, 0.3) is 5.91 Å². The molecule has 5 nitrogen and oxygen atoms in total. The number of carbonyl (C=O) groups is 1.